The van der Waals surface area contributed by atoms with Crippen molar-refractivity contribution < 1.29 is 4.79 Å². The molecule has 19 heavy (non-hydrogen) atoms. The van der Waals surface area contributed by atoms with Gasteiger partial charge >= 0.3 is 0 Å². The number of ketones is 1. The van der Waals surface area contributed by atoms with Gasteiger partial charge in [-0.1, -0.05) is 28.1 Å². The van der Waals surface area contributed by atoms with E-state index in [0.717, 1.165) is 10.0 Å². The van der Waals surface area contributed by atoms with E-state index in [1.54, 1.807) is 6.92 Å². The van der Waals surface area contributed by atoms with E-state index in [1.165, 1.54) is 11.9 Å². The minimum atomic E-state index is -0.252. The van der Waals surface area contributed by atoms with E-state index in [9.17, 15) is 4.79 Å². The highest BCUT2D eigenvalue weighted by Gasteiger charge is 2.30. The molecule has 1 aromatic rings. The third kappa shape index (κ3) is 2.70. The summed E-state index contributed by atoms with van der Waals surface area (Å²) in [5.74, 6) is 5.81. The fraction of sp³-hybridized carbons (Fsp3) is 0.231. The number of rotatable bonds is 2. The van der Waals surface area contributed by atoms with Crippen LogP contribution >= 0.6 is 28.1 Å². The maximum Gasteiger partial charge on any atom is 0.188 e. The number of halogens is 1. The lowest BCUT2D eigenvalue weighted by Gasteiger charge is -2.34. The van der Waals surface area contributed by atoms with Gasteiger partial charge in [0.05, 0.1) is 6.04 Å². The summed E-state index contributed by atoms with van der Waals surface area (Å²) in [6, 6.07) is 7.52. The summed E-state index contributed by atoms with van der Waals surface area (Å²) in [4.78, 5) is 11.9. The molecule has 1 atom stereocenters. The Morgan fingerprint density at radius 1 is 1.42 bits per heavy atom. The van der Waals surface area contributed by atoms with Crippen molar-refractivity contribution in [3.05, 3.63) is 45.6 Å². The third-order valence-corrected chi connectivity index (χ3v) is 3.95. The first-order chi connectivity index (χ1) is 8.91. The van der Waals surface area contributed by atoms with Crippen LogP contribution in [0.4, 0.5) is 0 Å². The Bertz CT molecular complexity index is 568. The minimum absolute atomic E-state index is 0.0177. The zero-order valence-corrected chi connectivity index (χ0v) is 13.0. The first kappa shape index (κ1) is 14.2. The zero-order valence-electron chi connectivity index (χ0n) is 10.6. The van der Waals surface area contributed by atoms with Crippen LogP contribution < -0.4 is 11.2 Å². The molecule has 0 spiro atoms. The monoisotopic (exact) mass is 339 g/mol. The molecule has 3 N–H and O–H groups in total. The van der Waals surface area contributed by atoms with Gasteiger partial charge in [0, 0.05) is 15.7 Å². The summed E-state index contributed by atoms with van der Waals surface area (Å²) in [5.41, 5.74) is 2.30. The van der Waals surface area contributed by atoms with Crippen molar-refractivity contribution in [2.75, 3.05) is 0 Å². The molecule has 1 aliphatic heterocycles. The Labute approximate surface area is 125 Å². The predicted molar refractivity (Wildman–Crippen MR) is 82.0 cm³/mol. The quantitative estimate of drug-likeness (QED) is 0.640. The van der Waals surface area contributed by atoms with E-state index in [0.29, 0.717) is 16.4 Å². The van der Waals surface area contributed by atoms with Crippen molar-refractivity contribution in [2.45, 2.75) is 19.9 Å². The molecule has 1 aromatic carbocycles. The van der Waals surface area contributed by atoms with Crippen molar-refractivity contribution >= 4 is 39.0 Å². The number of nitrogens with zero attached hydrogens (tertiary/aromatic N) is 1. The molecule has 1 heterocycles. The lowest BCUT2D eigenvalue weighted by atomic mass is 9.93. The molecule has 0 radical (unpaired) electrons. The highest BCUT2D eigenvalue weighted by atomic mass is 79.9. The van der Waals surface area contributed by atoms with Crippen LogP contribution in [0.3, 0.4) is 0 Å². The average Bonchev–Trinajstić information content (AvgIpc) is 2.36. The number of carbonyl (C=O) groups excluding carboxylic acids is 1. The van der Waals surface area contributed by atoms with Crippen LogP contribution in [0.2, 0.25) is 0 Å². The molecule has 0 saturated carbocycles. The van der Waals surface area contributed by atoms with E-state index in [1.807, 2.05) is 24.3 Å². The van der Waals surface area contributed by atoms with Gasteiger partial charge in [0.1, 0.15) is 0 Å². The van der Waals surface area contributed by atoms with Crippen LogP contribution in [0.15, 0.2) is 40.0 Å². The highest BCUT2D eigenvalue weighted by Crippen LogP contribution is 2.30. The Kier molecular flexibility index (Phi) is 4.03. The summed E-state index contributed by atoms with van der Waals surface area (Å²) in [6.45, 7) is 3.34. The van der Waals surface area contributed by atoms with Crippen molar-refractivity contribution in [3.8, 4) is 0 Å². The van der Waals surface area contributed by atoms with Crippen molar-refractivity contribution in [1.29, 1.82) is 0 Å². The molecular weight excluding hydrogens is 326 g/mol. The lowest BCUT2D eigenvalue weighted by molar-refractivity contribution is -0.114. The summed E-state index contributed by atoms with van der Waals surface area (Å²) < 4.78 is 0.986. The number of nitrogens with one attached hydrogen (secondary N) is 1. The van der Waals surface area contributed by atoms with Crippen LogP contribution in [0.1, 0.15) is 25.5 Å². The van der Waals surface area contributed by atoms with E-state index in [4.69, 9.17) is 18.1 Å². The molecule has 4 nitrogen and oxygen atoms in total. The van der Waals surface area contributed by atoms with Gasteiger partial charge in [-0.15, -0.1) is 0 Å². The molecule has 1 unspecified atom stereocenters. The molecule has 0 amide bonds. The number of benzene rings is 1. The van der Waals surface area contributed by atoms with Crippen molar-refractivity contribution in [1.82, 2.24) is 10.3 Å². The van der Waals surface area contributed by atoms with Crippen LogP contribution in [0.25, 0.3) is 0 Å². The smallest absolute Gasteiger partial charge is 0.188 e. The number of carbonyl (C=O) groups is 1. The van der Waals surface area contributed by atoms with Crippen molar-refractivity contribution in [2.24, 2.45) is 5.84 Å². The SMILES string of the molecule is CC(=O)C1=C(C)N(N)C(=S)NC1c1ccc(Br)cc1. The largest absolute Gasteiger partial charge is 0.350 e. The van der Waals surface area contributed by atoms with Crippen LogP contribution in [-0.2, 0) is 4.79 Å². The van der Waals surface area contributed by atoms with E-state index >= 15 is 0 Å². The Balaban J connectivity index is 2.51. The molecule has 0 fully saturated rings. The van der Waals surface area contributed by atoms with E-state index in [2.05, 4.69) is 21.2 Å². The third-order valence-electron chi connectivity index (χ3n) is 3.11. The van der Waals surface area contributed by atoms with Crippen LogP contribution in [-0.4, -0.2) is 15.9 Å². The Morgan fingerprint density at radius 3 is 2.53 bits per heavy atom. The summed E-state index contributed by atoms with van der Waals surface area (Å²) >= 11 is 8.58. The van der Waals surface area contributed by atoms with Gasteiger partial charge < -0.3 is 5.32 Å². The zero-order chi connectivity index (χ0) is 14.2. The van der Waals surface area contributed by atoms with Gasteiger partial charge in [-0.2, -0.15) is 0 Å². The number of thiocarbonyl (C=S) groups is 1. The number of allylic oxidation sites excluding steroid dienone is 1. The van der Waals surface area contributed by atoms with Crippen molar-refractivity contribution in [3.63, 3.8) is 0 Å². The van der Waals surface area contributed by atoms with Gasteiger partial charge in [-0.25, -0.2) is 5.84 Å². The molecule has 1 aliphatic rings. The van der Waals surface area contributed by atoms with Gasteiger partial charge in [-0.3, -0.25) is 9.80 Å². The molecule has 0 bridgehead atoms. The summed E-state index contributed by atoms with van der Waals surface area (Å²) in [7, 11) is 0. The summed E-state index contributed by atoms with van der Waals surface area (Å²) in [6.07, 6.45) is 0. The normalized spacial score (nSPS) is 19.5. The number of hydrogen-bond donors (Lipinski definition) is 2. The number of hydrogen-bond acceptors (Lipinski definition) is 3. The molecular formula is C13H14BrN3OS. The van der Waals surface area contributed by atoms with Crippen LogP contribution in [0.5, 0.6) is 0 Å². The number of nitrogens with two attached hydrogens (primary N) is 1. The van der Waals surface area contributed by atoms with Crippen LogP contribution in [0, 0.1) is 0 Å². The maximum atomic E-state index is 11.9. The Morgan fingerprint density at radius 2 is 2.00 bits per heavy atom. The first-order valence-electron chi connectivity index (χ1n) is 5.74. The second kappa shape index (κ2) is 5.40. The number of hydrazine groups is 1. The van der Waals surface area contributed by atoms with Gasteiger partial charge in [0.15, 0.2) is 10.9 Å². The van der Waals surface area contributed by atoms with Gasteiger partial charge in [0.25, 0.3) is 0 Å². The summed E-state index contributed by atoms with van der Waals surface area (Å²) in [5, 5.41) is 4.85. The minimum Gasteiger partial charge on any atom is -0.350 e. The number of Topliss-reactive ketones (excluding diaryl/α,β-unsaturated/α-hetero) is 1. The molecule has 0 aliphatic carbocycles. The topological polar surface area (TPSA) is 58.4 Å². The molecule has 0 aromatic heterocycles. The molecule has 2 rings (SSSR count). The first-order valence-corrected chi connectivity index (χ1v) is 6.94. The average molecular weight is 340 g/mol. The second-order valence-electron chi connectivity index (χ2n) is 4.36. The van der Waals surface area contributed by atoms with E-state index < -0.39 is 0 Å². The standard InChI is InChI=1S/C13H14BrN3OS/c1-7-11(8(2)18)12(16-13(19)17(7)15)9-3-5-10(14)6-4-9/h3-6,12H,15H2,1-2H3,(H,16,19). The van der Waals surface area contributed by atoms with Gasteiger partial charge in [0.2, 0.25) is 0 Å². The lowest BCUT2D eigenvalue weighted by Crippen LogP contribution is -2.50. The Hall–Kier alpha value is -1.24. The highest BCUT2D eigenvalue weighted by molar-refractivity contribution is 9.10. The molecule has 0 saturated heterocycles. The fourth-order valence-electron chi connectivity index (χ4n) is 2.12. The molecule has 100 valence electrons. The molecule has 6 heteroatoms. The second-order valence-corrected chi connectivity index (χ2v) is 5.66. The van der Waals surface area contributed by atoms with Gasteiger partial charge in [-0.05, 0) is 43.8 Å². The predicted octanol–water partition coefficient (Wildman–Crippen LogP) is 2.42. The fourth-order valence-corrected chi connectivity index (χ4v) is 2.64. The maximum absolute atomic E-state index is 11.9. The van der Waals surface area contributed by atoms with E-state index in [-0.39, 0.29) is 11.8 Å².